The molecule has 0 saturated carbocycles. The van der Waals surface area contributed by atoms with Gasteiger partial charge in [0.2, 0.25) is 10.0 Å². The standard InChI is InChI=1S/C19H29N3O3S/c1-16-7-8-17(19(23)21-10-6-9-20(2)13-14-21)15-18(16)26(24,25)22-11-4-3-5-12-22/h7-8,15H,3-6,9-14H2,1-2H3. The molecule has 2 aliphatic heterocycles. The molecule has 1 aromatic carbocycles. The van der Waals surface area contributed by atoms with Crippen molar-refractivity contribution in [1.29, 1.82) is 0 Å². The molecule has 0 unspecified atom stereocenters. The van der Waals surface area contributed by atoms with Gasteiger partial charge in [-0.1, -0.05) is 12.5 Å². The van der Waals surface area contributed by atoms with Gasteiger partial charge in [-0.15, -0.1) is 0 Å². The fraction of sp³-hybridized carbons (Fsp3) is 0.632. The molecule has 1 aromatic rings. The summed E-state index contributed by atoms with van der Waals surface area (Å²) in [6.07, 6.45) is 3.82. The zero-order valence-electron chi connectivity index (χ0n) is 15.8. The summed E-state index contributed by atoms with van der Waals surface area (Å²) in [6.45, 7) is 6.15. The molecule has 26 heavy (non-hydrogen) atoms. The second-order valence-corrected chi connectivity index (χ2v) is 9.30. The number of rotatable bonds is 3. The first-order chi connectivity index (χ1) is 12.4. The Hall–Kier alpha value is -1.44. The molecule has 7 heteroatoms. The van der Waals surface area contributed by atoms with E-state index < -0.39 is 10.0 Å². The van der Waals surface area contributed by atoms with Gasteiger partial charge < -0.3 is 9.80 Å². The number of carbonyl (C=O) groups excluding carboxylic acids is 1. The quantitative estimate of drug-likeness (QED) is 0.805. The summed E-state index contributed by atoms with van der Waals surface area (Å²) in [7, 11) is -1.48. The van der Waals surface area contributed by atoms with Crippen molar-refractivity contribution in [1.82, 2.24) is 14.1 Å². The Morgan fingerprint density at radius 1 is 0.923 bits per heavy atom. The number of likely N-dealkylation sites (N-methyl/N-ethyl adjacent to an activating group) is 1. The van der Waals surface area contributed by atoms with Gasteiger partial charge in [-0.3, -0.25) is 4.79 Å². The minimum Gasteiger partial charge on any atom is -0.337 e. The summed E-state index contributed by atoms with van der Waals surface area (Å²) in [6, 6.07) is 5.09. The van der Waals surface area contributed by atoms with E-state index >= 15 is 0 Å². The predicted octanol–water partition coefficient (Wildman–Crippen LogP) is 1.95. The minimum atomic E-state index is -3.54. The Morgan fingerprint density at radius 3 is 2.38 bits per heavy atom. The van der Waals surface area contributed by atoms with Gasteiger partial charge in [0.05, 0.1) is 4.90 Å². The molecule has 0 bridgehead atoms. The van der Waals surface area contributed by atoms with E-state index in [4.69, 9.17) is 0 Å². The van der Waals surface area contributed by atoms with E-state index in [2.05, 4.69) is 11.9 Å². The monoisotopic (exact) mass is 379 g/mol. The predicted molar refractivity (Wildman–Crippen MR) is 102 cm³/mol. The summed E-state index contributed by atoms with van der Waals surface area (Å²) in [5, 5.41) is 0. The van der Waals surface area contributed by atoms with Crippen molar-refractivity contribution in [2.45, 2.75) is 37.5 Å². The molecule has 0 atom stereocenters. The van der Waals surface area contributed by atoms with Crippen molar-refractivity contribution < 1.29 is 13.2 Å². The van der Waals surface area contributed by atoms with Crippen molar-refractivity contribution >= 4 is 15.9 Å². The number of benzene rings is 1. The lowest BCUT2D eigenvalue weighted by Gasteiger charge is -2.27. The molecule has 2 saturated heterocycles. The third-order valence-corrected chi connectivity index (χ3v) is 7.42. The minimum absolute atomic E-state index is 0.0737. The van der Waals surface area contributed by atoms with E-state index in [0.717, 1.165) is 38.8 Å². The van der Waals surface area contributed by atoms with Crippen LogP contribution < -0.4 is 0 Å². The van der Waals surface area contributed by atoms with Crippen LogP contribution in [0.1, 0.15) is 41.6 Å². The fourth-order valence-corrected chi connectivity index (χ4v) is 5.46. The van der Waals surface area contributed by atoms with E-state index in [1.807, 2.05) is 4.90 Å². The number of piperidine rings is 1. The fourth-order valence-electron chi connectivity index (χ4n) is 3.69. The molecule has 2 heterocycles. The van der Waals surface area contributed by atoms with E-state index in [9.17, 15) is 13.2 Å². The van der Waals surface area contributed by atoms with E-state index in [0.29, 0.717) is 37.3 Å². The number of aryl methyl sites for hydroxylation is 1. The first-order valence-electron chi connectivity index (χ1n) is 9.48. The van der Waals surface area contributed by atoms with Crippen molar-refractivity contribution in [3.05, 3.63) is 29.3 Å². The van der Waals surface area contributed by atoms with E-state index in [1.165, 1.54) is 0 Å². The number of nitrogens with zero attached hydrogens (tertiary/aromatic N) is 3. The summed E-state index contributed by atoms with van der Waals surface area (Å²) in [5.74, 6) is -0.0737. The first-order valence-corrected chi connectivity index (χ1v) is 10.9. The van der Waals surface area contributed by atoms with Gasteiger partial charge in [0.25, 0.3) is 5.91 Å². The SMILES string of the molecule is Cc1ccc(C(=O)N2CCCN(C)CC2)cc1S(=O)(=O)N1CCCCC1. The smallest absolute Gasteiger partial charge is 0.253 e. The molecule has 3 rings (SSSR count). The van der Waals surface area contributed by atoms with Crippen LogP contribution in [0.5, 0.6) is 0 Å². The molecule has 0 aromatic heterocycles. The van der Waals surface area contributed by atoms with Crippen LogP contribution in [-0.2, 0) is 10.0 Å². The van der Waals surface area contributed by atoms with Crippen LogP contribution in [0.4, 0.5) is 0 Å². The summed E-state index contributed by atoms with van der Waals surface area (Å²) >= 11 is 0. The molecule has 0 aliphatic carbocycles. The maximum atomic E-state index is 13.1. The second kappa shape index (κ2) is 8.06. The molecule has 0 radical (unpaired) electrons. The Labute approximate surface area is 156 Å². The average molecular weight is 380 g/mol. The molecular formula is C19H29N3O3S. The molecule has 6 nitrogen and oxygen atoms in total. The average Bonchev–Trinajstić information content (AvgIpc) is 2.86. The normalized spacial score (nSPS) is 20.8. The van der Waals surface area contributed by atoms with Crippen LogP contribution in [0.25, 0.3) is 0 Å². The van der Waals surface area contributed by atoms with Crippen LogP contribution in [-0.4, -0.2) is 74.7 Å². The molecule has 0 spiro atoms. The molecule has 2 aliphatic rings. The Morgan fingerprint density at radius 2 is 1.65 bits per heavy atom. The third-order valence-electron chi connectivity index (χ3n) is 5.37. The number of amides is 1. The third kappa shape index (κ3) is 4.10. The lowest BCUT2D eigenvalue weighted by molar-refractivity contribution is 0.0762. The van der Waals surface area contributed by atoms with Crippen molar-refractivity contribution in [2.75, 3.05) is 46.3 Å². The number of hydrogen-bond acceptors (Lipinski definition) is 4. The van der Waals surface area contributed by atoms with Gasteiger partial charge in [-0.05, 0) is 57.5 Å². The Bertz CT molecular complexity index is 757. The lowest BCUT2D eigenvalue weighted by atomic mass is 10.1. The van der Waals surface area contributed by atoms with Gasteiger partial charge >= 0.3 is 0 Å². The van der Waals surface area contributed by atoms with Crippen LogP contribution in [0.2, 0.25) is 0 Å². The lowest BCUT2D eigenvalue weighted by Crippen LogP contribution is -2.36. The molecular weight excluding hydrogens is 350 g/mol. The summed E-state index contributed by atoms with van der Waals surface area (Å²) in [4.78, 5) is 17.3. The highest BCUT2D eigenvalue weighted by Crippen LogP contribution is 2.25. The zero-order chi connectivity index (χ0) is 18.7. The number of carbonyl (C=O) groups is 1. The maximum Gasteiger partial charge on any atom is 0.253 e. The maximum absolute atomic E-state index is 13.1. The molecule has 0 N–H and O–H groups in total. The largest absolute Gasteiger partial charge is 0.337 e. The number of hydrogen-bond donors (Lipinski definition) is 0. The molecule has 1 amide bonds. The Kier molecular flexibility index (Phi) is 5.99. The van der Waals surface area contributed by atoms with Crippen molar-refractivity contribution in [3.8, 4) is 0 Å². The van der Waals surface area contributed by atoms with Gasteiger partial charge in [-0.25, -0.2) is 8.42 Å². The van der Waals surface area contributed by atoms with Crippen LogP contribution in [0, 0.1) is 6.92 Å². The van der Waals surface area contributed by atoms with Gasteiger partial charge in [0.1, 0.15) is 0 Å². The highest BCUT2D eigenvalue weighted by molar-refractivity contribution is 7.89. The Balaban J connectivity index is 1.86. The van der Waals surface area contributed by atoms with Crippen molar-refractivity contribution in [2.24, 2.45) is 0 Å². The zero-order valence-corrected chi connectivity index (χ0v) is 16.6. The first kappa shape index (κ1) is 19.3. The van der Waals surface area contributed by atoms with Gasteiger partial charge in [0, 0.05) is 38.3 Å². The van der Waals surface area contributed by atoms with E-state index in [1.54, 1.807) is 29.4 Å². The van der Waals surface area contributed by atoms with Gasteiger partial charge in [-0.2, -0.15) is 4.31 Å². The molecule has 2 fully saturated rings. The van der Waals surface area contributed by atoms with Crippen molar-refractivity contribution in [3.63, 3.8) is 0 Å². The summed E-state index contributed by atoms with van der Waals surface area (Å²) in [5.41, 5.74) is 1.17. The van der Waals surface area contributed by atoms with Crippen LogP contribution in [0.3, 0.4) is 0 Å². The number of sulfonamides is 1. The van der Waals surface area contributed by atoms with E-state index in [-0.39, 0.29) is 10.8 Å². The van der Waals surface area contributed by atoms with Crippen LogP contribution >= 0.6 is 0 Å². The summed E-state index contributed by atoms with van der Waals surface area (Å²) < 4.78 is 27.7. The second-order valence-electron chi connectivity index (χ2n) is 7.39. The van der Waals surface area contributed by atoms with Crippen LogP contribution in [0.15, 0.2) is 23.1 Å². The molecule has 144 valence electrons. The van der Waals surface area contributed by atoms with Gasteiger partial charge in [0.15, 0.2) is 0 Å². The topological polar surface area (TPSA) is 60.9 Å². The highest BCUT2D eigenvalue weighted by atomic mass is 32.2. The highest BCUT2D eigenvalue weighted by Gasteiger charge is 2.29.